The topological polar surface area (TPSA) is 68.8 Å². The fourth-order valence-corrected chi connectivity index (χ4v) is 6.03. The predicted octanol–water partition coefficient (Wildman–Crippen LogP) is 7.86. The summed E-state index contributed by atoms with van der Waals surface area (Å²) in [5.74, 6) is -0.210. The molecule has 4 atom stereocenters. The predicted molar refractivity (Wildman–Crippen MR) is 174 cm³/mol. The smallest absolute Gasteiger partial charge is 0.106 e. The number of nitrogens with zero attached hydrogens (tertiary/aromatic N) is 1. The number of epoxide rings is 2. The third-order valence-corrected chi connectivity index (χ3v) is 8.85. The van der Waals surface area contributed by atoms with E-state index >= 15 is 0 Å². The zero-order valence-corrected chi connectivity index (χ0v) is 24.8. The fourth-order valence-electron chi connectivity index (χ4n) is 6.03. The van der Waals surface area contributed by atoms with Gasteiger partial charge in [0.1, 0.15) is 12.2 Å². The zero-order valence-electron chi connectivity index (χ0n) is 24.8. The summed E-state index contributed by atoms with van der Waals surface area (Å²) in [6.45, 7) is 3.74. The van der Waals surface area contributed by atoms with E-state index in [0.717, 1.165) is 52.5 Å². The molecule has 2 N–H and O–H groups in total. The lowest BCUT2D eigenvalue weighted by Gasteiger charge is -2.27. The highest BCUT2D eigenvalue weighted by atomic mass is 16.6. The molecule has 2 saturated heterocycles. The van der Waals surface area contributed by atoms with E-state index in [1.807, 2.05) is 0 Å². The molecule has 5 aromatic carbocycles. The van der Waals surface area contributed by atoms with Gasteiger partial charge in [-0.2, -0.15) is 0 Å². The van der Waals surface area contributed by atoms with Crippen LogP contribution in [0.2, 0.25) is 0 Å². The van der Waals surface area contributed by atoms with Gasteiger partial charge in [0.05, 0.1) is 26.4 Å². The Morgan fingerprint density at radius 1 is 0.523 bits per heavy atom. The second-order valence-corrected chi connectivity index (χ2v) is 11.8. The number of aliphatic hydroxyl groups is 2. The maximum Gasteiger partial charge on any atom is 0.106 e. The first-order valence-corrected chi connectivity index (χ1v) is 15.3. The third kappa shape index (κ3) is 6.05. The number of rotatable bonds is 11. The maximum absolute atomic E-state index is 10.3. The number of hydrogen-bond donors (Lipinski definition) is 2. The highest BCUT2D eigenvalue weighted by molar-refractivity contribution is 5.77. The number of aliphatic hydroxyl groups excluding tert-OH is 2. The average molecular weight is 584 g/mol. The van der Waals surface area contributed by atoms with Crippen molar-refractivity contribution in [1.82, 2.24) is 0 Å². The van der Waals surface area contributed by atoms with Crippen LogP contribution in [0.3, 0.4) is 0 Å². The molecule has 5 aromatic rings. The van der Waals surface area contributed by atoms with E-state index < -0.39 is 0 Å². The van der Waals surface area contributed by atoms with Crippen LogP contribution in [0.5, 0.6) is 0 Å². The molecule has 0 radical (unpaired) electrons. The molecule has 0 spiro atoms. The first-order chi connectivity index (χ1) is 21.6. The van der Waals surface area contributed by atoms with Crippen LogP contribution in [-0.4, -0.2) is 36.6 Å². The van der Waals surface area contributed by atoms with Gasteiger partial charge in [-0.25, -0.2) is 0 Å². The van der Waals surface area contributed by atoms with E-state index in [1.54, 1.807) is 0 Å². The highest BCUT2D eigenvalue weighted by Crippen LogP contribution is 2.38. The quantitative estimate of drug-likeness (QED) is 0.155. The molecule has 2 heterocycles. The zero-order chi connectivity index (χ0) is 30.0. The lowest BCUT2D eigenvalue weighted by Crippen LogP contribution is -2.12. The summed E-state index contributed by atoms with van der Waals surface area (Å²) < 4.78 is 10.8. The largest absolute Gasteiger partial charge is 0.395 e. The SMILES string of the molecule is Cc1ccc(N(c2ccc(C(CO)c3ccc(C4CO4)cc3)cc2)c2ccc(C(CO)c3ccc(C4CO4)cc3)cc2)cc1. The molecule has 0 bridgehead atoms. The Morgan fingerprint density at radius 2 is 0.818 bits per heavy atom. The molecule has 0 aliphatic carbocycles. The second-order valence-electron chi connectivity index (χ2n) is 11.8. The van der Waals surface area contributed by atoms with Gasteiger partial charge in [-0.15, -0.1) is 0 Å². The summed E-state index contributed by atoms with van der Waals surface area (Å²) in [6, 6.07) is 42.3. The molecular formula is C39H37NO4. The van der Waals surface area contributed by atoms with E-state index in [4.69, 9.17) is 9.47 Å². The highest BCUT2D eigenvalue weighted by Gasteiger charge is 2.26. The van der Waals surface area contributed by atoms with E-state index in [2.05, 4.69) is 133 Å². The molecule has 44 heavy (non-hydrogen) atoms. The Balaban J connectivity index is 1.16. The lowest BCUT2D eigenvalue weighted by atomic mass is 9.90. The van der Waals surface area contributed by atoms with Crippen LogP contribution in [0.25, 0.3) is 0 Å². The number of aryl methyl sites for hydroxylation is 1. The fraction of sp³-hybridized carbons (Fsp3) is 0.231. The number of benzene rings is 5. The monoisotopic (exact) mass is 583 g/mol. The summed E-state index contributed by atoms with van der Waals surface area (Å²) in [4.78, 5) is 2.24. The van der Waals surface area contributed by atoms with Crippen LogP contribution in [0.4, 0.5) is 17.1 Å². The molecule has 5 heteroatoms. The van der Waals surface area contributed by atoms with Crippen LogP contribution in [-0.2, 0) is 9.47 Å². The van der Waals surface area contributed by atoms with Gasteiger partial charge >= 0.3 is 0 Å². The molecule has 5 nitrogen and oxygen atoms in total. The molecule has 222 valence electrons. The van der Waals surface area contributed by atoms with Crippen molar-refractivity contribution in [3.63, 3.8) is 0 Å². The summed E-state index contributed by atoms with van der Waals surface area (Å²) in [5.41, 5.74) is 11.0. The van der Waals surface area contributed by atoms with Crippen molar-refractivity contribution < 1.29 is 19.7 Å². The molecule has 0 saturated carbocycles. The van der Waals surface area contributed by atoms with E-state index in [0.29, 0.717) is 0 Å². The van der Waals surface area contributed by atoms with Gasteiger partial charge in [-0.05, 0) is 76.7 Å². The first kappa shape index (κ1) is 28.5. The minimum Gasteiger partial charge on any atom is -0.395 e. The molecule has 0 aromatic heterocycles. The van der Waals surface area contributed by atoms with Crippen molar-refractivity contribution in [2.45, 2.75) is 31.0 Å². The van der Waals surface area contributed by atoms with Crippen LogP contribution in [0.1, 0.15) is 63.0 Å². The molecule has 2 fully saturated rings. The summed E-state index contributed by atoms with van der Waals surface area (Å²) in [7, 11) is 0. The molecular weight excluding hydrogens is 546 g/mol. The van der Waals surface area contributed by atoms with E-state index in [-0.39, 0.29) is 37.3 Å². The minimum atomic E-state index is -0.105. The standard InChI is InChI=1S/C39H37NO4/c1-26-2-16-33(17-3-26)40(34-18-12-29(13-19-34)36(22-41)27-4-8-31(9-5-27)38-24-43-38)35-20-14-30(15-21-35)37(23-42)28-6-10-32(11-7-28)39-25-44-39/h2-21,36-39,41-42H,22-25H2,1H3. The van der Waals surface area contributed by atoms with E-state index in [9.17, 15) is 10.2 Å². The van der Waals surface area contributed by atoms with Crippen LogP contribution in [0.15, 0.2) is 121 Å². The number of ether oxygens (including phenoxy) is 2. The van der Waals surface area contributed by atoms with Crippen molar-refractivity contribution in [2.75, 3.05) is 31.3 Å². The molecule has 7 rings (SSSR count). The van der Waals surface area contributed by atoms with Crippen molar-refractivity contribution in [1.29, 1.82) is 0 Å². The summed E-state index contributed by atoms with van der Waals surface area (Å²) >= 11 is 0. The van der Waals surface area contributed by atoms with Gasteiger partial charge in [-0.3, -0.25) is 0 Å². The Bertz CT molecular complexity index is 1570. The third-order valence-electron chi connectivity index (χ3n) is 8.85. The number of hydrogen-bond acceptors (Lipinski definition) is 5. The normalized spacial score (nSPS) is 18.4. The number of anilines is 3. The van der Waals surface area contributed by atoms with Crippen LogP contribution < -0.4 is 4.90 Å². The molecule has 4 unspecified atom stereocenters. The Labute approximate surface area is 259 Å². The maximum atomic E-state index is 10.3. The minimum absolute atomic E-state index is 0.0326. The van der Waals surface area contributed by atoms with Crippen molar-refractivity contribution >= 4 is 17.1 Å². The first-order valence-electron chi connectivity index (χ1n) is 15.3. The molecule has 0 amide bonds. The van der Waals surface area contributed by atoms with Gasteiger partial charge in [0.15, 0.2) is 0 Å². The van der Waals surface area contributed by atoms with Crippen LogP contribution in [0, 0.1) is 6.92 Å². The molecule has 2 aliphatic rings. The van der Waals surface area contributed by atoms with Crippen LogP contribution >= 0.6 is 0 Å². The Morgan fingerprint density at radius 3 is 1.11 bits per heavy atom. The van der Waals surface area contributed by atoms with Crippen molar-refractivity contribution in [2.24, 2.45) is 0 Å². The van der Waals surface area contributed by atoms with E-state index in [1.165, 1.54) is 16.7 Å². The van der Waals surface area contributed by atoms with Gasteiger partial charge in [0.2, 0.25) is 0 Å². The van der Waals surface area contributed by atoms with Gasteiger partial charge < -0.3 is 24.6 Å². The lowest BCUT2D eigenvalue weighted by molar-refractivity contribution is 0.280. The van der Waals surface area contributed by atoms with Gasteiger partial charge in [0.25, 0.3) is 0 Å². The Kier molecular flexibility index (Phi) is 8.03. The Hall–Kier alpha value is -4.26. The summed E-state index contributed by atoms with van der Waals surface area (Å²) in [6.07, 6.45) is 0.447. The second kappa shape index (κ2) is 12.4. The van der Waals surface area contributed by atoms with Crippen molar-refractivity contribution in [3.8, 4) is 0 Å². The summed E-state index contributed by atoms with van der Waals surface area (Å²) in [5, 5.41) is 20.7. The average Bonchev–Trinajstić information content (AvgIpc) is 3.99. The molecule has 2 aliphatic heterocycles. The van der Waals surface area contributed by atoms with Crippen molar-refractivity contribution in [3.05, 3.63) is 160 Å². The van der Waals surface area contributed by atoms with Gasteiger partial charge in [-0.1, -0.05) is 90.5 Å². The van der Waals surface area contributed by atoms with Gasteiger partial charge in [0, 0.05) is 28.9 Å².